The van der Waals surface area contributed by atoms with Crippen molar-refractivity contribution in [2.24, 2.45) is 27.1 Å². The van der Waals surface area contributed by atoms with Gasteiger partial charge in [-0.25, -0.2) is 0 Å². The lowest BCUT2D eigenvalue weighted by atomic mass is 9.70. The molecule has 0 atom stereocenters. The smallest absolute Gasteiger partial charge is 0.000433 e. The van der Waals surface area contributed by atoms with Crippen molar-refractivity contribution >= 4 is 15.9 Å². The van der Waals surface area contributed by atoms with Crippen LogP contribution in [0.3, 0.4) is 0 Å². The number of hydrogen-bond acceptors (Lipinski definition) is 0. The molecular formula is C28H49Br. The molecular weight excluding hydrogens is 416 g/mol. The summed E-state index contributed by atoms with van der Waals surface area (Å²) in [6.07, 6.45) is 9.36. The second kappa shape index (κ2) is 9.29. The fourth-order valence-corrected chi connectivity index (χ4v) is 3.82. The van der Waals surface area contributed by atoms with Crippen molar-refractivity contribution in [3.8, 4) is 0 Å². The van der Waals surface area contributed by atoms with Crippen LogP contribution in [0.25, 0.3) is 0 Å². The highest BCUT2D eigenvalue weighted by Crippen LogP contribution is 2.43. The highest BCUT2D eigenvalue weighted by Gasteiger charge is 2.30. The third kappa shape index (κ3) is 9.41. The Hall–Kier alpha value is -0.560. The van der Waals surface area contributed by atoms with Crippen molar-refractivity contribution in [3.05, 3.63) is 45.5 Å². The van der Waals surface area contributed by atoms with Crippen LogP contribution in [-0.4, -0.2) is 0 Å². The summed E-state index contributed by atoms with van der Waals surface area (Å²) in [5.41, 5.74) is 4.77. The summed E-state index contributed by atoms with van der Waals surface area (Å²) >= 11 is 3.79. The van der Waals surface area contributed by atoms with Gasteiger partial charge in [0, 0.05) is 4.48 Å². The van der Waals surface area contributed by atoms with Gasteiger partial charge in [-0.2, -0.15) is 0 Å². The van der Waals surface area contributed by atoms with E-state index < -0.39 is 0 Å². The molecule has 0 aromatic carbocycles. The van der Waals surface area contributed by atoms with Crippen LogP contribution in [0.5, 0.6) is 0 Å². The third-order valence-electron chi connectivity index (χ3n) is 5.05. The molecule has 0 aliphatic rings. The summed E-state index contributed by atoms with van der Waals surface area (Å²) in [4.78, 5) is 0. The first kappa shape index (κ1) is 28.4. The monoisotopic (exact) mass is 464 g/mol. The zero-order valence-electron chi connectivity index (χ0n) is 22.2. The van der Waals surface area contributed by atoms with Crippen molar-refractivity contribution in [1.82, 2.24) is 0 Å². The van der Waals surface area contributed by atoms with Gasteiger partial charge in [0.15, 0.2) is 0 Å². The minimum absolute atomic E-state index is 0.0538. The van der Waals surface area contributed by atoms with E-state index in [0.717, 1.165) is 0 Å². The molecule has 0 spiro atoms. The fourth-order valence-electron chi connectivity index (χ4n) is 3.69. The molecule has 0 aliphatic carbocycles. The van der Waals surface area contributed by atoms with Crippen LogP contribution in [0.1, 0.15) is 104 Å². The van der Waals surface area contributed by atoms with E-state index in [1.54, 1.807) is 0 Å². The Morgan fingerprint density at radius 2 is 0.724 bits per heavy atom. The third-order valence-corrected chi connectivity index (χ3v) is 6.51. The van der Waals surface area contributed by atoms with Crippen molar-refractivity contribution in [2.75, 3.05) is 0 Å². The van der Waals surface area contributed by atoms with E-state index in [-0.39, 0.29) is 27.1 Å². The molecule has 0 nitrogen and oxygen atoms in total. The summed E-state index contributed by atoms with van der Waals surface area (Å²) in [5, 5.41) is 0. The van der Waals surface area contributed by atoms with Gasteiger partial charge in [-0.05, 0) is 38.2 Å². The van der Waals surface area contributed by atoms with Crippen LogP contribution < -0.4 is 0 Å². The highest BCUT2D eigenvalue weighted by molar-refractivity contribution is 9.11. The molecule has 0 aromatic rings. The molecule has 0 bridgehead atoms. The molecule has 0 fully saturated rings. The van der Waals surface area contributed by atoms with Crippen molar-refractivity contribution < 1.29 is 0 Å². The average molecular weight is 466 g/mol. The molecule has 0 rings (SSSR count). The lowest BCUT2D eigenvalue weighted by Crippen LogP contribution is -2.23. The summed E-state index contributed by atoms with van der Waals surface area (Å²) in [5.74, 6) is 0. The molecule has 0 amide bonds. The normalized spacial score (nSPS) is 16.2. The van der Waals surface area contributed by atoms with Gasteiger partial charge >= 0.3 is 0 Å². The minimum Gasteiger partial charge on any atom is -0.0617 e. The molecule has 0 N–H and O–H groups in total. The first-order valence-corrected chi connectivity index (χ1v) is 11.8. The largest absolute Gasteiger partial charge is 0.0617 e. The Labute approximate surface area is 192 Å². The average Bonchev–Trinajstić information content (AvgIpc) is 2.38. The Kier molecular flexibility index (Phi) is 9.11. The Morgan fingerprint density at radius 1 is 0.414 bits per heavy atom. The second-order valence-corrected chi connectivity index (χ2v) is 14.4. The van der Waals surface area contributed by atoms with Gasteiger partial charge in [-0.15, -0.1) is 0 Å². The van der Waals surface area contributed by atoms with Gasteiger partial charge in [0.2, 0.25) is 0 Å². The molecule has 0 aromatic heterocycles. The van der Waals surface area contributed by atoms with Crippen LogP contribution in [-0.2, 0) is 0 Å². The van der Waals surface area contributed by atoms with Gasteiger partial charge < -0.3 is 0 Å². The Balaban J connectivity index is 6.87. The lowest BCUT2D eigenvalue weighted by molar-refractivity contribution is 0.362. The summed E-state index contributed by atoms with van der Waals surface area (Å²) in [6.45, 7) is 34.5. The maximum Gasteiger partial charge on any atom is 0.000433 e. The number of halogens is 1. The molecule has 0 heterocycles. The molecule has 168 valence electrons. The maximum absolute atomic E-state index is 3.79. The van der Waals surface area contributed by atoms with E-state index in [1.807, 2.05) is 0 Å². The molecule has 0 aliphatic heterocycles. The second-order valence-electron chi connectivity index (χ2n) is 13.5. The molecule has 0 radical (unpaired) electrons. The fraction of sp³-hybridized carbons (Fsp3) is 0.714. The summed E-state index contributed by atoms with van der Waals surface area (Å²) < 4.78 is 1.22. The van der Waals surface area contributed by atoms with Crippen molar-refractivity contribution in [1.29, 1.82) is 0 Å². The van der Waals surface area contributed by atoms with E-state index in [4.69, 9.17) is 0 Å². The van der Waals surface area contributed by atoms with Gasteiger partial charge in [0.25, 0.3) is 0 Å². The zero-order valence-corrected chi connectivity index (χ0v) is 23.8. The van der Waals surface area contributed by atoms with Crippen LogP contribution >= 0.6 is 15.9 Å². The topological polar surface area (TPSA) is 0 Å². The van der Waals surface area contributed by atoms with E-state index in [2.05, 4.69) is 144 Å². The highest BCUT2D eigenvalue weighted by atomic mass is 79.9. The van der Waals surface area contributed by atoms with Gasteiger partial charge in [0.1, 0.15) is 0 Å². The number of rotatable bonds is 3. The predicted molar refractivity (Wildman–Crippen MR) is 139 cm³/mol. The molecule has 29 heavy (non-hydrogen) atoms. The molecule has 0 saturated carbocycles. The van der Waals surface area contributed by atoms with E-state index in [0.29, 0.717) is 0 Å². The summed E-state index contributed by atoms with van der Waals surface area (Å²) in [7, 11) is 0. The van der Waals surface area contributed by atoms with Crippen LogP contribution in [0.2, 0.25) is 0 Å². The molecule has 0 saturated heterocycles. The van der Waals surface area contributed by atoms with E-state index in [9.17, 15) is 0 Å². The van der Waals surface area contributed by atoms with E-state index >= 15 is 0 Å². The van der Waals surface area contributed by atoms with E-state index in [1.165, 1.54) is 21.2 Å². The van der Waals surface area contributed by atoms with Crippen molar-refractivity contribution in [2.45, 2.75) is 104 Å². The zero-order chi connectivity index (χ0) is 23.6. The van der Waals surface area contributed by atoms with Gasteiger partial charge in [-0.3, -0.25) is 0 Å². The van der Waals surface area contributed by atoms with Crippen LogP contribution in [0.15, 0.2) is 45.5 Å². The first-order chi connectivity index (χ1) is 12.5. The first-order valence-electron chi connectivity index (χ1n) is 11.0. The Morgan fingerprint density at radius 3 is 0.966 bits per heavy atom. The molecule has 0 unspecified atom stereocenters. The van der Waals surface area contributed by atoms with Gasteiger partial charge in [-0.1, -0.05) is 150 Å². The SMILES string of the molecule is CC(C)(C)C(=C\C=C(/C(=C\C=C(/Br)C(C)(C)C)C(C)(C)C)C(C)(C)C)C(C)(C)C. The van der Waals surface area contributed by atoms with Crippen LogP contribution in [0.4, 0.5) is 0 Å². The maximum atomic E-state index is 3.79. The van der Waals surface area contributed by atoms with Gasteiger partial charge in [0.05, 0.1) is 0 Å². The quantitative estimate of drug-likeness (QED) is 0.364. The van der Waals surface area contributed by atoms with Crippen molar-refractivity contribution in [3.63, 3.8) is 0 Å². The molecule has 1 heteroatoms. The van der Waals surface area contributed by atoms with Crippen LogP contribution in [0, 0.1) is 27.1 Å². The number of allylic oxidation sites excluding steroid dienone is 8. The predicted octanol–water partition coefficient (Wildman–Crippen LogP) is 10.3. The lowest BCUT2D eigenvalue weighted by Gasteiger charge is -2.35. The Bertz CT molecular complexity index is 657. The minimum atomic E-state index is 0.0538. The standard InChI is InChI=1S/C28H49Br/c1-24(2,3)20(16-18-22(26(7,8)9)27(10,11)12)21(25(4,5)6)17-19-23(29)28(13,14)15/h16-19H,1-15H3/b20-16+,21-17+,23-19-. The number of hydrogen-bond donors (Lipinski definition) is 0. The summed E-state index contributed by atoms with van der Waals surface area (Å²) in [6, 6.07) is 0.